The van der Waals surface area contributed by atoms with Gasteiger partial charge in [-0.25, -0.2) is 0 Å². The zero-order valence-electron chi connectivity index (χ0n) is 13.7. The summed E-state index contributed by atoms with van der Waals surface area (Å²) in [4.78, 5) is 2.35. The summed E-state index contributed by atoms with van der Waals surface area (Å²) < 4.78 is 0. The van der Waals surface area contributed by atoms with Crippen LogP contribution in [0.4, 0.5) is 0 Å². The Morgan fingerprint density at radius 1 is 1.29 bits per heavy atom. The molecule has 0 saturated carbocycles. The number of benzene rings is 1. The summed E-state index contributed by atoms with van der Waals surface area (Å²) in [6.45, 7) is 11.3. The number of phenolic OH excluding ortho intramolecular Hbond substituents is 1. The van der Waals surface area contributed by atoms with Crippen molar-refractivity contribution in [3.63, 3.8) is 0 Å². The van der Waals surface area contributed by atoms with Gasteiger partial charge in [0, 0.05) is 18.5 Å². The number of hydrogen-bond donors (Lipinski definition) is 1. The molecule has 0 saturated heterocycles. The summed E-state index contributed by atoms with van der Waals surface area (Å²) in [6, 6.07) is 7.46. The predicted octanol–water partition coefficient (Wildman–Crippen LogP) is 4.21. The molecule has 0 aliphatic rings. The minimum atomic E-state index is 0.0506. The highest BCUT2D eigenvalue weighted by Crippen LogP contribution is 2.13. The second kappa shape index (κ2) is 8.54. The fraction of sp³-hybridized carbons (Fsp3) is 0.474. The van der Waals surface area contributed by atoms with Crippen molar-refractivity contribution in [3.8, 4) is 17.6 Å². The Morgan fingerprint density at radius 3 is 2.67 bits per heavy atom. The minimum Gasteiger partial charge on any atom is -0.508 e. The quantitative estimate of drug-likeness (QED) is 0.791. The zero-order valence-corrected chi connectivity index (χ0v) is 13.7. The van der Waals surface area contributed by atoms with E-state index in [-0.39, 0.29) is 5.41 Å². The highest BCUT2D eigenvalue weighted by Gasteiger charge is 2.04. The van der Waals surface area contributed by atoms with Gasteiger partial charge >= 0.3 is 0 Å². The largest absolute Gasteiger partial charge is 0.508 e. The lowest BCUT2D eigenvalue weighted by Crippen LogP contribution is -2.24. The number of rotatable bonds is 6. The maximum atomic E-state index is 9.53. The number of phenols is 1. The van der Waals surface area contributed by atoms with E-state index < -0.39 is 0 Å². The Morgan fingerprint density at radius 2 is 2.05 bits per heavy atom. The van der Waals surface area contributed by atoms with Crippen LogP contribution in [0, 0.1) is 17.3 Å². The molecule has 0 radical (unpaired) electrons. The molecule has 2 heteroatoms. The van der Waals surface area contributed by atoms with Gasteiger partial charge in [-0.05, 0) is 57.5 Å². The molecule has 1 rings (SSSR count). The Bertz CT molecular complexity index is 514. The van der Waals surface area contributed by atoms with Gasteiger partial charge in [-0.2, -0.15) is 0 Å². The van der Waals surface area contributed by atoms with Crippen LogP contribution in [-0.2, 0) is 6.54 Å². The fourth-order valence-corrected chi connectivity index (χ4v) is 1.98. The molecule has 1 aromatic rings. The summed E-state index contributed by atoms with van der Waals surface area (Å²) in [6.07, 6.45) is 5.16. The SMILES string of the molecule is CCCN(C/C=C/C#CC(C)(C)C)Cc1cccc(O)c1. The lowest BCUT2D eigenvalue weighted by molar-refractivity contribution is 0.294. The van der Waals surface area contributed by atoms with E-state index in [4.69, 9.17) is 0 Å². The normalized spacial score (nSPS) is 11.7. The zero-order chi connectivity index (χ0) is 15.7. The fourth-order valence-electron chi connectivity index (χ4n) is 1.98. The molecule has 0 bridgehead atoms. The summed E-state index contributed by atoms with van der Waals surface area (Å²) >= 11 is 0. The van der Waals surface area contributed by atoms with Crippen LogP contribution in [0.3, 0.4) is 0 Å². The van der Waals surface area contributed by atoms with Gasteiger partial charge in [-0.1, -0.05) is 37.0 Å². The third-order valence-electron chi connectivity index (χ3n) is 2.87. The molecule has 0 atom stereocenters. The molecule has 2 nitrogen and oxygen atoms in total. The van der Waals surface area contributed by atoms with Crippen LogP contribution in [0.5, 0.6) is 5.75 Å². The summed E-state index contributed by atoms with van der Waals surface area (Å²) in [5, 5.41) is 9.53. The maximum absolute atomic E-state index is 9.53. The van der Waals surface area contributed by atoms with E-state index in [2.05, 4.69) is 50.5 Å². The molecule has 0 aromatic heterocycles. The van der Waals surface area contributed by atoms with Gasteiger partial charge in [0.15, 0.2) is 0 Å². The molecule has 0 spiro atoms. The molecular weight excluding hydrogens is 258 g/mol. The Hall–Kier alpha value is -1.72. The molecule has 0 aliphatic carbocycles. The first kappa shape index (κ1) is 17.3. The third-order valence-corrected chi connectivity index (χ3v) is 2.87. The first-order chi connectivity index (χ1) is 9.90. The molecule has 0 heterocycles. The van der Waals surface area contributed by atoms with Crippen LogP contribution in [0.25, 0.3) is 0 Å². The van der Waals surface area contributed by atoms with Gasteiger partial charge in [-0.3, -0.25) is 4.90 Å². The van der Waals surface area contributed by atoms with E-state index in [1.165, 1.54) is 0 Å². The first-order valence-electron chi connectivity index (χ1n) is 7.58. The van der Waals surface area contributed by atoms with E-state index in [1.54, 1.807) is 6.07 Å². The summed E-state index contributed by atoms with van der Waals surface area (Å²) in [5.74, 6) is 6.62. The van der Waals surface area contributed by atoms with Gasteiger partial charge in [0.2, 0.25) is 0 Å². The van der Waals surface area contributed by atoms with Crippen LogP contribution in [0.2, 0.25) is 0 Å². The average molecular weight is 285 g/mol. The number of aromatic hydroxyl groups is 1. The van der Waals surface area contributed by atoms with E-state index in [9.17, 15) is 5.11 Å². The molecule has 114 valence electrons. The van der Waals surface area contributed by atoms with Gasteiger partial charge in [0.25, 0.3) is 0 Å². The van der Waals surface area contributed by atoms with Crippen molar-refractivity contribution < 1.29 is 5.11 Å². The molecule has 21 heavy (non-hydrogen) atoms. The van der Waals surface area contributed by atoms with E-state index >= 15 is 0 Å². The summed E-state index contributed by atoms with van der Waals surface area (Å²) in [5.41, 5.74) is 1.19. The van der Waals surface area contributed by atoms with Crippen molar-refractivity contribution in [2.24, 2.45) is 5.41 Å². The monoisotopic (exact) mass is 285 g/mol. The van der Waals surface area contributed by atoms with E-state index in [1.807, 2.05) is 24.3 Å². The average Bonchev–Trinajstić information content (AvgIpc) is 2.37. The second-order valence-electron chi connectivity index (χ2n) is 6.33. The Kier molecular flexibility index (Phi) is 7.05. The first-order valence-corrected chi connectivity index (χ1v) is 7.58. The smallest absolute Gasteiger partial charge is 0.115 e. The predicted molar refractivity (Wildman–Crippen MR) is 90.0 cm³/mol. The number of hydrogen-bond acceptors (Lipinski definition) is 2. The van der Waals surface area contributed by atoms with Crippen molar-refractivity contribution in [3.05, 3.63) is 42.0 Å². The lowest BCUT2D eigenvalue weighted by atomic mass is 9.98. The van der Waals surface area contributed by atoms with Crippen LogP contribution < -0.4 is 0 Å². The van der Waals surface area contributed by atoms with Crippen molar-refractivity contribution in [2.75, 3.05) is 13.1 Å². The molecular formula is C19H27NO. The summed E-state index contributed by atoms with van der Waals surface area (Å²) in [7, 11) is 0. The van der Waals surface area contributed by atoms with Crippen molar-refractivity contribution in [2.45, 2.75) is 40.7 Å². The van der Waals surface area contributed by atoms with Gasteiger partial charge in [-0.15, -0.1) is 0 Å². The van der Waals surface area contributed by atoms with Crippen LogP contribution in [0.15, 0.2) is 36.4 Å². The molecule has 0 aliphatic heterocycles. The van der Waals surface area contributed by atoms with E-state index in [0.717, 1.165) is 31.6 Å². The highest BCUT2D eigenvalue weighted by molar-refractivity contribution is 5.27. The van der Waals surface area contributed by atoms with Gasteiger partial charge in [0.1, 0.15) is 5.75 Å². The lowest BCUT2D eigenvalue weighted by Gasteiger charge is -2.19. The second-order valence-corrected chi connectivity index (χ2v) is 6.33. The highest BCUT2D eigenvalue weighted by atomic mass is 16.3. The van der Waals surface area contributed by atoms with Crippen LogP contribution in [0.1, 0.15) is 39.7 Å². The van der Waals surface area contributed by atoms with Crippen molar-refractivity contribution in [1.29, 1.82) is 0 Å². The topological polar surface area (TPSA) is 23.5 Å². The maximum Gasteiger partial charge on any atom is 0.115 e. The van der Waals surface area contributed by atoms with Gasteiger partial charge in [0.05, 0.1) is 0 Å². The standard InChI is InChI=1S/C19H27NO/c1-5-13-20(14-8-6-7-12-19(2,3)4)16-17-10-9-11-18(21)15-17/h6,8-11,15,21H,5,13-14,16H2,1-4H3/b8-6+. The molecule has 0 fully saturated rings. The van der Waals surface area contributed by atoms with Crippen molar-refractivity contribution >= 4 is 0 Å². The third kappa shape index (κ3) is 8.22. The van der Waals surface area contributed by atoms with Crippen LogP contribution in [-0.4, -0.2) is 23.1 Å². The Labute approximate surface area is 129 Å². The minimum absolute atomic E-state index is 0.0506. The molecule has 1 N–H and O–H groups in total. The van der Waals surface area contributed by atoms with Crippen molar-refractivity contribution in [1.82, 2.24) is 4.90 Å². The number of allylic oxidation sites excluding steroid dienone is 1. The number of nitrogens with zero attached hydrogens (tertiary/aromatic N) is 1. The molecule has 0 amide bonds. The Balaban J connectivity index is 2.57. The van der Waals surface area contributed by atoms with E-state index in [0.29, 0.717) is 5.75 Å². The molecule has 1 aromatic carbocycles. The molecule has 0 unspecified atom stereocenters. The van der Waals surface area contributed by atoms with Crippen LogP contribution >= 0.6 is 0 Å². The van der Waals surface area contributed by atoms with Gasteiger partial charge < -0.3 is 5.11 Å².